The van der Waals surface area contributed by atoms with Crippen molar-refractivity contribution in [1.82, 2.24) is 4.90 Å². The van der Waals surface area contributed by atoms with E-state index in [1.807, 2.05) is 0 Å². The van der Waals surface area contributed by atoms with Gasteiger partial charge in [-0.3, -0.25) is 4.79 Å². The van der Waals surface area contributed by atoms with Gasteiger partial charge in [0.15, 0.2) is 0 Å². The number of aryl methyl sites for hydroxylation is 1. The van der Waals surface area contributed by atoms with Crippen LogP contribution in [0.15, 0.2) is 18.2 Å². The summed E-state index contributed by atoms with van der Waals surface area (Å²) in [7, 11) is 0. The van der Waals surface area contributed by atoms with Gasteiger partial charge in [0.2, 0.25) is 0 Å². The molecule has 6 heteroatoms. The summed E-state index contributed by atoms with van der Waals surface area (Å²) in [5.74, 6) is -0.384. The molecule has 18 heavy (non-hydrogen) atoms. The van der Waals surface area contributed by atoms with Gasteiger partial charge in [-0.05, 0) is 30.7 Å². The third-order valence-electron chi connectivity index (χ3n) is 2.44. The van der Waals surface area contributed by atoms with Gasteiger partial charge in [-0.15, -0.1) is 0 Å². The van der Waals surface area contributed by atoms with Crippen LogP contribution in [-0.2, 0) is 0 Å². The summed E-state index contributed by atoms with van der Waals surface area (Å²) < 4.78 is 24.8. The largest absolute Gasteiger partial charge is 0.508 e. The number of hydrogen-bond acceptors (Lipinski definition) is 2. The van der Waals surface area contributed by atoms with E-state index >= 15 is 0 Å². The molecule has 0 aliphatic heterocycles. The number of amides is 1. The van der Waals surface area contributed by atoms with Gasteiger partial charge in [0, 0.05) is 17.4 Å². The number of phenolic OH excluding ortho intramolecular Hbond substituents is 1. The first-order valence-corrected chi connectivity index (χ1v) is 6.51. The van der Waals surface area contributed by atoms with Crippen molar-refractivity contribution >= 4 is 21.8 Å². The highest BCUT2D eigenvalue weighted by molar-refractivity contribution is 9.09. The molecule has 1 aromatic carbocycles. The van der Waals surface area contributed by atoms with Crippen molar-refractivity contribution in [2.45, 2.75) is 13.3 Å². The van der Waals surface area contributed by atoms with E-state index in [1.54, 1.807) is 6.92 Å². The molecule has 0 bridgehead atoms. The first-order chi connectivity index (χ1) is 8.45. The van der Waals surface area contributed by atoms with Crippen molar-refractivity contribution in [3.63, 3.8) is 0 Å². The number of rotatable bonds is 5. The molecule has 3 nitrogen and oxygen atoms in total. The van der Waals surface area contributed by atoms with Gasteiger partial charge in [0.25, 0.3) is 12.3 Å². The minimum Gasteiger partial charge on any atom is -0.508 e. The van der Waals surface area contributed by atoms with Crippen LogP contribution >= 0.6 is 15.9 Å². The van der Waals surface area contributed by atoms with Crippen molar-refractivity contribution in [3.05, 3.63) is 29.3 Å². The maximum atomic E-state index is 12.4. The molecule has 0 aliphatic carbocycles. The molecule has 0 aromatic heterocycles. The summed E-state index contributed by atoms with van der Waals surface area (Å²) in [6.07, 6.45) is -2.56. The minimum atomic E-state index is -2.56. The van der Waals surface area contributed by atoms with E-state index in [-0.39, 0.29) is 12.3 Å². The Morgan fingerprint density at radius 3 is 2.67 bits per heavy atom. The van der Waals surface area contributed by atoms with E-state index < -0.39 is 18.9 Å². The number of benzene rings is 1. The van der Waals surface area contributed by atoms with Crippen molar-refractivity contribution in [2.24, 2.45) is 0 Å². The standard InChI is InChI=1S/C12H14BrF2NO2/c1-8-6-9(2-3-10(8)17)12(18)16(5-4-13)7-11(14)15/h2-3,6,11,17H,4-5,7H2,1H3. The molecule has 0 spiro atoms. The van der Waals surface area contributed by atoms with Gasteiger partial charge in [-0.2, -0.15) is 0 Å². The third-order valence-corrected chi connectivity index (χ3v) is 2.80. The lowest BCUT2D eigenvalue weighted by atomic mass is 10.1. The van der Waals surface area contributed by atoms with Gasteiger partial charge in [0.1, 0.15) is 5.75 Å². The van der Waals surface area contributed by atoms with Crippen molar-refractivity contribution in [3.8, 4) is 5.75 Å². The Bertz CT molecular complexity index is 427. The van der Waals surface area contributed by atoms with Crippen LogP contribution in [0.3, 0.4) is 0 Å². The molecule has 0 fully saturated rings. The van der Waals surface area contributed by atoms with Gasteiger partial charge >= 0.3 is 0 Å². The molecule has 1 aromatic rings. The lowest BCUT2D eigenvalue weighted by molar-refractivity contribution is 0.0572. The Labute approximate surface area is 113 Å². The van der Waals surface area contributed by atoms with Crippen LogP contribution < -0.4 is 0 Å². The van der Waals surface area contributed by atoms with Gasteiger partial charge in [-0.1, -0.05) is 15.9 Å². The van der Waals surface area contributed by atoms with E-state index in [9.17, 15) is 18.7 Å². The first-order valence-electron chi connectivity index (χ1n) is 5.38. The van der Waals surface area contributed by atoms with E-state index in [1.165, 1.54) is 18.2 Å². The van der Waals surface area contributed by atoms with Crippen LogP contribution in [0.25, 0.3) is 0 Å². The molecule has 0 radical (unpaired) electrons. The van der Waals surface area contributed by atoms with Gasteiger partial charge in [0.05, 0.1) is 6.54 Å². The number of halogens is 3. The second kappa shape index (κ2) is 6.68. The number of phenols is 1. The fraction of sp³-hybridized carbons (Fsp3) is 0.417. The molecule has 1 rings (SSSR count). The zero-order valence-electron chi connectivity index (χ0n) is 9.87. The molecular weight excluding hydrogens is 308 g/mol. The summed E-state index contributed by atoms with van der Waals surface area (Å²) in [6.45, 7) is 1.27. The van der Waals surface area contributed by atoms with E-state index in [0.717, 1.165) is 4.90 Å². The van der Waals surface area contributed by atoms with E-state index in [4.69, 9.17) is 0 Å². The molecule has 1 amide bonds. The molecule has 0 saturated heterocycles. The lowest BCUT2D eigenvalue weighted by Crippen LogP contribution is -2.36. The number of carbonyl (C=O) groups is 1. The predicted octanol–water partition coefficient (Wildman–Crippen LogP) is 2.80. The second-order valence-corrected chi connectivity index (χ2v) is 4.63. The summed E-state index contributed by atoms with van der Waals surface area (Å²) in [5, 5.41) is 9.79. The highest BCUT2D eigenvalue weighted by Gasteiger charge is 2.19. The van der Waals surface area contributed by atoms with Crippen molar-refractivity contribution < 1.29 is 18.7 Å². The normalized spacial score (nSPS) is 10.7. The van der Waals surface area contributed by atoms with Crippen LogP contribution in [-0.4, -0.2) is 40.8 Å². The molecular formula is C12H14BrF2NO2. The third kappa shape index (κ3) is 3.94. The lowest BCUT2D eigenvalue weighted by Gasteiger charge is -2.21. The van der Waals surface area contributed by atoms with Crippen molar-refractivity contribution in [2.75, 3.05) is 18.4 Å². The fourth-order valence-corrected chi connectivity index (χ4v) is 1.94. The second-order valence-electron chi connectivity index (χ2n) is 3.83. The number of aromatic hydroxyl groups is 1. The van der Waals surface area contributed by atoms with Crippen molar-refractivity contribution in [1.29, 1.82) is 0 Å². The maximum Gasteiger partial charge on any atom is 0.255 e. The number of alkyl halides is 3. The summed E-state index contributed by atoms with van der Waals surface area (Å²) in [5.41, 5.74) is 0.837. The number of carbonyl (C=O) groups excluding carboxylic acids is 1. The monoisotopic (exact) mass is 321 g/mol. The smallest absolute Gasteiger partial charge is 0.255 e. The molecule has 0 aliphatic rings. The van der Waals surface area contributed by atoms with Gasteiger partial charge < -0.3 is 10.0 Å². The van der Waals surface area contributed by atoms with Crippen LogP contribution in [0, 0.1) is 6.92 Å². The van der Waals surface area contributed by atoms with E-state index in [0.29, 0.717) is 16.5 Å². The first kappa shape index (κ1) is 14.9. The Morgan fingerprint density at radius 2 is 2.17 bits per heavy atom. The van der Waals surface area contributed by atoms with Crippen LogP contribution in [0.2, 0.25) is 0 Å². The SMILES string of the molecule is Cc1cc(C(=O)N(CCBr)CC(F)F)ccc1O. The average molecular weight is 322 g/mol. The summed E-state index contributed by atoms with van der Waals surface area (Å²) in [6, 6.07) is 4.30. The number of nitrogens with zero attached hydrogens (tertiary/aromatic N) is 1. The van der Waals surface area contributed by atoms with E-state index in [2.05, 4.69) is 15.9 Å². The Kier molecular flexibility index (Phi) is 5.53. The van der Waals surface area contributed by atoms with Crippen LogP contribution in [0.5, 0.6) is 5.75 Å². The summed E-state index contributed by atoms with van der Waals surface area (Å²) in [4.78, 5) is 13.1. The minimum absolute atomic E-state index is 0.0763. The van der Waals surface area contributed by atoms with Crippen LogP contribution in [0.4, 0.5) is 8.78 Å². The van der Waals surface area contributed by atoms with Gasteiger partial charge in [-0.25, -0.2) is 8.78 Å². The quantitative estimate of drug-likeness (QED) is 0.847. The Balaban J connectivity index is 2.90. The van der Waals surface area contributed by atoms with Crippen LogP contribution in [0.1, 0.15) is 15.9 Å². The molecule has 0 unspecified atom stereocenters. The molecule has 1 N–H and O–H groups in total. The maximum absolute atomic E-state index is 12.4. The number of hydrogen-bond donors (Lipinski definition) is 1. The fourth-order valence-electron chi connectivity index (χ4n) is 1.52. The zero-order chi connectivity index (χ0) is 13.7. The molecule has 0 atom stereocenters. The molecule has 0 heterocycles. The topological polar surface area (TPSA) is 40.5 Å². The molecule has 100 valence electrons. The zero-order valence-corrected chi connectivity index (χ0v) is 11.5. The highest BCUT2D eigenvalue weighted by Crippen LogP contribution is 2.18. The predicted molar refractivity (Wildman–Crippen MR) is 68.5 cm³/mol. The summed E-state index contributed by atoms with van der Waals surface area (Å²) >= 11 is 3.13. The Morgan fingerprint density at radius 1 is 1.50 bits per heavy atom. The molecule has 0 saturated carbocycles. The highest BCUT2D eigenvalue weighted by atomic mass is 79.9. The Hall–Kier alpha value is -1.17. The average Bonchev–Trinajstić information content (AvgIpc) is 2.31.